The first-order chi connectivity index (χ1) is 10.3. The Morgan fingerprint density at radius 2 is 1.71 bits per heavy atom. The summed E-state index contributed by atoms with van der Waals surface area (Å²) in [6, 6.07) is 19.2. The molecule has 0 N–H and O–H groups in total. The Hall–Kier alpha value is -2.28. The van der Waals surface area contributed by atoms with E-state index in [1.54, 1.807) is 0 Å². The van der Waals surface area contributed by atoms with Crippen LogP contribution in [0.3, 0.4) is 0 Å². The van der Waals surface area contributed by atoms with Gasteiger partial charge in [-0.05, 0) is 23.6 Å². The molecule has 0 radical (unpaired) electrons. The van der Waals surface area contributed by atoms with Gasteiger partial charge in [-0.15, -0.1) is 0 Å². The highest BCUT2D eigenvalue weighted by molar-refractivity contribution is 5.84. The van der Waals surface area contributed by atoms with Crippen LogP contribution in [0.5, 0.6) is 0 Å². The van der Waals surface area contributed by atoms with Crippen molar-refractivity contribution in [3.8, 4) is 0 Å². The van der Waals surface area contributed by atoms with Gasteiger partial charge in [0.25, 0.3) is 0 Å². The van der Waals surface area contributed by atoms with Crippen LogP contribution in [-0.2, 0) is 7.05 Å². The van der Waals surface area contributed by atoms with Crippen molar-refractivity contribution < 1.29 is 0 Å². The van der Waals surface area contributed by atoms with Crippen molar-refractivity contribution in [1.29, 1.82) is 0 Å². The quantitative estimate of drug-likeness (QED) is 0.602. The maximum Gasteiger partial charge on any atom is 0.0480 e. The van der Waals surface area contributed by atoms with Gasteiger partial charge < -0.3 is 4.57 Å². The largest absolute Gasteiger partial charge is 0.350 e. The molecule has 21 heavy (non-hydrogen) atoms. The molecule has 0 bridgehead atoms. The number of para-hydroxylation sites is 1. The van der Waals surface area contributed by atoms with E-state index in [2.05, 4.69) is 91.5 Å². The average molecular weight is 275 g/mol. The lowest BCUT2D eigenvalue weighted by molar-refractivity contribution is 0.806. The zero-order chi connectivity index (χ0) is 14.7. The Kier molecular flexibility index (Phi) is 3.92. The number of fused-ring (bicyclic) bond motifs is 1. The average Bonchev–Trinajstić information content (AvgIpc) is 2.87. The lowest BCUT2D eigenvalue weighted by Crippen LogP contribution is -1.92. The molecule has 3 aromatic rings. The molecule has 1 nitrogen and oxygen atoms in total. The molecule has 3 rings (SSSR count). The summed E-state index contributed by atoms with van der Waals surface area (Å²) in [7, 11) is 2.12. The van der Waals surface area contributed by atoms with Crippen LogP contribution in [0.1, 0.15) is 30.4 Å². The Labute approximate surface area is 126 Å². The van der Waals surface area contributed by atoms with E-state index in [1.807, 2.05) is 0 Å². The van der Waals surface area contributed by atoms with E-state index >= 15 is 0 Å². The van der Waals surface area contributed by atoms with Gasteiger partial charge in [0.05, 0.1) is 0 Å². The standard InChI is InChI=1S/C20H21N/c1-3-17(14-13-16-9-5-4-6-10-16)19-15-21(2)20-12-8-7-11-18(19)20/h4-15,17H,3H2,1-2H3/b14-13+. The molecule has 0 saturated heterocycles. The molecular formula is C20H21N. The number of aryl methyl sites for hydroxylation is 1. The summed E-state index contributed by atoms with van der Waals surface area (Å²) in [6.45, 7) is 2.25. The molecule has 1 heterocycles. The molecule has 0 saturated carbocycles. The third-order valence-electron chi connectivity index (χ3n) is 4.09. The van der Waals surface area contributed by atoms with Crippen molar-refractivity contribution in [2.45, 2.75) is 19.3 Å². The van der Waals surface area contributed by atoms with Gasteiger partial charge in [0.2, 0.25) is 0 Å². The van der Waals surface area contributed by atoms with E-state index in [9.17, 15) is 0 Å². The lowest BCUT2D eigenvalue weighted by Gasteiger charge is -2.09. The highest BCUT2D eigenvalue weighted by Gasteiger charge is 2.12. The minimum Gasteiger partial charge on any atom is -0.350 e. The van der Waals surface area contributed by atoms with Crippen LogP contribution in [0.2, 0.25) is 0 Å². The molecule has 106 valence electrons. The van der Waals surface area contributed by atoms with Crippen LogP contribution >= 0.6 is 0 Å². The number of rotatable bonds is 4. The number of aromatic nitrogens is 1. The smallest absolute Gasteiger partial charge is 0.0480 e. The maximum absolute atomic E-state index is 2.33. The van der Waals surface area contributed by atoms with Gasteiger partial charge in [-0.2, -0.15) is 0 Å². The number of hydrogen-bond donors (Lipinski definition) is 0. The Morgan fingerprint density at radius 1 is 1.00 bits per heavy atom. The molecule has 0 aliphatic rings. The summed E-state index contributed by atoms with van der Waals surface area (Å²) >= 11 is 0. The summed E-state index contributed by atoms with van der Waals surface area (Å²) in [4.78, 5) is 0. The Balaban J connectivity index is 1.97. The lowest BCUT2D eigenvalue weighted by atomic mass is 9.95. The highest BCUT2D eigenvalue weighted by Crippen LogP contribution is 2.30. The van der Waals surface area contributed by atoms with E-state index in [0.717, 1.165) is 6.42 Å². The third kappa shape index (κ3) is 2.78. The van der Waals surface area contributed by atoms with Crippen LogP contribution in [0.15, 0.2) is 66.9 Å². The van der Waals surface area contributed by atoms with E-state index < -0.39 is 0 Å². The molecule has 0 amide bonds. The molecule has 0 spiro atoms. The fourth-order valence-electron chi connectivity index (χ4n) is 2.92. The van der Waals surface area contributed by atoms with Gasteiger partial charge in [-0.3, -0.25) is 0 Å². The van der Waals surface area contributed by atoms with Crippen molar-refractivity contribution >= 4 is 17.0 Å². The Morgan fingerprint density at radius 3 is 2.48 bits per heavy atom. The summed E-state index contributed by atoms with van der Waals surface area (Å²) in [6.07, 6.45) is 7.94. The van der Waals surface area contributed by atoms with Crippen LogP contribution < -0.4 is 0 Å². The first kappa shape index (κ1) is 13.7. The predicted octanol–water partition coefficient (Wildman–Crippen LogP) is 5.39. The molecule has 2 aromatic carbocycles. The van der Waals surface area contributed by atoms with Crippen molar-refractivity contribution in [1.82, 2.24) is 4.57 Å². The first-order valence-electron chi connectivity index (χ1n) is 7.57. The maximum atomic E-state index is 2.33. The third-order valence-corrected chi connectivity index (χ3v) is 4.09. The molecule has 0 fully saturated rings. The van der Waals surface area contributed by atoms with Gasteiger partial charge in [0, 0.05) is 30.1 Å². The van der Waals surface area contributed by atoms with E-state index in [4.69, 9.17) is 0 Å². The number of benzene rings is 2. The fraction of sp³-hybridized carbons (Fsp3) is 0.200. The molecule has 1 atom stereocenters. The summed E-state index contributed by atoms with van der Waals surface area (Å²) in [5, 5.41) is 1.37. The number of allylic oxidation sites excluding steroid dienone is 1. The van der Waals surface area contributed by atoms with Crippen LogP contribution in [-0.4, -0.2) is 4.57 Å². The highest BCUT2D eigenvalue weighted by atomic mass is 14.9. The van der Waals surface area contributed by atoms with Crippen LogP contribution in [0.25, 0.3) is 17.0 Å². The topological polar surface area (TPSA) is 4.93 Å². The van der Waals surface area contributed by atoms with Crippen molar-refractivity contribution in [3.05, 3.63) is 78.0 Å². The molecule has 0 aliphatic carbocycles. The second-order valence-corrected chi connectivity index (χ2v) is 5.50. The molecule has 1 heteroatoms. The van der Waals surface area contributed by atoms with E-state index in [1.165, 1.54) is 22.0 Å². The molecule has 1 aromatic heterocycles. The van der Waals surface area contributed by atoms with E-state index in [0.29, 0.717) is 5.92 Å². The summed E-state index contributed by atoms with van der Waals surface area (Å²) in [5.41, 5.74) is 3.98. The molecule has 1 unspecified atom stereocenters. The fourth-order valence-corrected chi connectivity index (χ4v) is 2.92. The van der Waals surface area contributed by atoms with Crippen LogP contribution in [0.4, 0.5) is 0 Å². The van der Waals surface area contributed by atoms with Gasteiger partial charge in [0.15, 0.2) is 0 Å². The summed E-state index contributed by atoms with van der Waals surface area (Å²) < 4.78 is 2.23. The van der Waals surface area contributed by atoms with Gasteiger partial charge in [0.1, 0.15) is 0 Å². The predicted molar refractivity (Wildman–Crippen MR) is 91.4 cm³/mol. The number of nitrogens with zero attached hydrogens (tertiary/aromatic N) is 1. The minimum absolute atomic E-state index is 0.455. The monoisotopic (exact) mass is 275 g/mol. The van der Waals surface area contributed by atoms with Crippen LogP contribution in [0, 0.1) is 0 Å². The Bertz CT molecular complexity index is 750. The zero-order valence-electron chi connectivity index (χ0n) is 12.7. The second kappa shape index (κ2) is 6.01. The van der Waals surface area contributed by atoms with E-state index in [-0.39, 0.29) is 0 Å². The normalized spacial score (nSPS) is 13.0. The number of hydrogen-bond acceptors (Lipinski definition) is 0. The van der Waals surface area contributed by atoms with Crippen molar-refractivity contribution in [2.24, 2.45) is 7.05 Å². The molecular weight excluding hydrogens is 254 g/mol. The first-order valence-corrected chi connectivity index (χ1v) is 7.57. The van der Waals surface area contributed by atoms with Gasteiger partial charge in [-0.25, -0.2) is 0 Å². The van der Waals surface area contributed by atoms with Gasteiger partial charge in [-0.1, -0.05) is 67.6 Å². The van der Waals surface area contributed by atoms with Crippen molar-refractivity contribution in [3.63, 3.8) is 0 Å². The minimum atomic E-state index is 0.455. The molecule has 0 aliphatic heterocycles. The van der Waals surface area contributed by atoms with Crippen molar-refractivity contribution in [2.75, 3.05) is 0 Å². The zero-order valence-corrected chi connectivity index (χ0v) is 12.7. The second-order valence-electron chi connectivity index (χ2n) is 5.50. The SMILES string of the molecule is CCC(/C=C/c1ccccc1)c1cn(C)c2ccccc12. The van der Waals surface area contributed by atoms with Gasteiger partial charge >= 0.3 is 0 Å². The summed E-state index contributed by atoms with van der Waals surface area (Å²) in [5.74, 6) is 0.455.